The van der Waals surface area contributed by atoms with Crippen LogP contribution in [0.4, 0.5) is 0 Å². The van der Waals surface area contributed by atoms with Crippen LogP contribution in [0.1, 0.15) is 98.8 Å². The van der Waals surface area contributed by atoms with Gasteiger partial charge in [-0.05, 0) is 91.3 Å². The maximum absolute atomic E-state index is 10.3. The van der Waals surface area contributed by atoms with Crippen LogP contribution in [0, 0.1) is 46.3 Å². The zero-order valence-electron chi connectivity index (χ0n) is 19.8. The van der Waals surface area contributed by atoms with Crippen LogP contribution in [-0.2, 0) is 0 Å². The summed E-state index contributed by atoms with van der Waals surface area (Å²) in [6.45, 7) is 12.4. The van der Waals surface area contributed by atoms with Gasteiger partial charge in [-0.2, -0.15) is 0 Å². The Bertz CT molecular complexity index is 626. The van der Waals surface area contributed by atoms with Gasteiger partial charge >= 0.3 is 0 Å². The van der Waals surface area contributed by atoms with Gasteiger partial charge in [-0.1, -0.05) is 65.5 Å². The van der Waals surface area contributed by atoms with Crippen LogP contribution in [0.25, 0.3) is 0 Å². The quantitative estimate of drug-likeness (QED) is 0.529. The highest BCUT2D eigenvalue weighted by Gasteiger charge is 2.60. The highest BCUT2D eigenvalue weighted by Crippen LogP contribution is 2.67. The van der Waals surface area contributed by atoms with Gasteiger partial charge in [0.15, 0.2) is 0 Å². The Morgan fingerprint density at radius 1 is 1.03 bits per heavy atom. The van der Waals surface area contributed by atoms with Crippen LogP contribution in [0.15, 0.2) is 11.6 Å². The summed E-state index contributed by atoms with van der Waals surface area (Å²) in [5, 5.41) is 10.3. The highest BCUT2D eigenvalue weighted by molar-refractivity contribution is 5.28. The summed E-state index contributed by atoms with van der Waals surface area (Å²) in [6, 6.07) is 0.202. The molecular formula is C27H47NO. The van der Waals surface area contributed by atoms with Gasteiger partial charge in [0, 0.05) is 6.04 Å². The SMILES string of the molecule is CC(C)CCC[C@@H](C)C1CCC2C3C(N)C=C4CC(O)CCC4(C)C3CCC21C. The first-order valence-corrected chi connectivity index (χ1v) is 12.8. The summed E-state index contributed by atoms with van der Waals surface area (Å²) in [6.07, 6.45) is 15.0. The minimum Gasteiger partial charge on any atom is -0.393 e. The minimum atomic E-state index is -0.144. The summed E-state index contributed by atoms with van der Waals surface area (Å²) in [5.74, 6) is 4.77. The molecule has 4 aliphatic carbocycles. The average Bonchev–Trinajstić information content (AvgIpc) is 3.00. The Kier molecular flexibility index (Phi) is 6.01. The standard InChI is InChI=1S/C27H47NO/c1-17(2)7-6-8-18(3)21-9-10-22-25-23(12-14-27(21,22)5)26(4)13-11-20(29)15-19(26)16-24(25)28/h16-18,20-25,29H,6-15,28H2,1-5H3/t18-,20?,21?,22?,23?,24?,25?,26?,27?/m1/s1. The van der Waals surface area contributed by atoms with Gasteiger partial charge in [0.25, 0.3) is 0 Å². The minimum absolute atomic E-state index is 0.144. The molecule has 3 fully saturated rings. The van der Waals surface area contributed by atoms with E-state index in [1.54, 1.807) is 0 Å². The molecule has 4 rings (SSSR count). The largest absolute Gasteiger partial charge is 0.393 e. The molecule has 4 aliphatic rings. The second-order valence-electron chi connectivity index (χ2n) is 12.4. The number of aliphatic hydroxyl groups is 1. The van der Waals surface area contributed by atoms with E-state index in [0.717, 1.165) is 48.9 Å². The van der Waals surface area contributed by atoms with E-state index >= 15 is 0 Å². The van der Waals surface area contributed by atoms with Crippen LogP contribution < -0.4 is 5.73 Å². The van der Waals surface area contributed by atoms with Crippen LogP contribution >= 0.6 is 0 Å². The first-order valence-electron chi connectivity index (χ1n) is 12.8. The summed E-state index contributed by atoms with van der Waals surface area (Å²) in [7, 11) is 0. The maximum atomic E-state index is 10.3. The van der Waals surface area contributed by atoms with Crippen molar-refractivity contribution in [1.82, 2.24) is 0 Å². The molecule has 0 aromatic carbocycles. The highest BCUT2D eigenvalue weighted by atomic mass is 16.3. The van der Waals surface area contributed by atoms with Crippen molar-refractivity contribution in [3.63, 3.8) is 0 Å². The molecule has 0 aliphatic heterocycles. The lowest BCUT2D eigenvalue weighted by Gasteiger charge is -2.60. The number of aliphatic hydroxyl groups excluding tert-OH is 1. The number of rotatable bonds is 5. The summed E-state index contributed by atoms with van der Waals surface area (Å²) in [4.78, 5) is 0. The van der Waals surface area contributed by atoms with Gasteiger partial charge < -0.3 is 10.8 Å². The van der Waals surface area contributed by atoms with Crippen molar-refractivity contribution in [1.29, 1.82) is 0 Å². The lowest BCUT2D eigenvalue weighted by atomic mass is 9.46. The molecule has 0 spiro atoms. The third-order valence-electron chi connectivity index (χ3n) is 10.4. The second-order valence-corrected chi connectivity index (χ2v) is 12.4. The van der Waals surface area contributed by atoms with Crippen LogP contribution in [0.2, 0.25) is 0 Å². The van der Waals surface area contributed by atoms with Gasteiger partial charge in [-0.15, -0.1) is 0 Å². The van der Waals surface area contributed by atoms with Crippen molar-refractivity contribution in [2.24, 2.45) is 52.1 Å². The van der Waals surface area contributed by atoms with E-state index in [1.165, 1.54) is 50.5 Å². The molecule has 0 saturated heterocycles. The Labute approximate surface area is 180 Å². The molecule has 0 aromatic heterocycles. The van der Waals surface area contributed by atoms with Crippen molar-refractivity contribution in [2.45, 2.75) is 111 Å². The van der Waals surface area contributed by atoms with E-state index in [9.17, 15) is 5.11 Å². The second kappa shape index (κ2) is 7.97. The molecule has 0 heterocycles. The fourth-order valence-corrected chi connectivity index (χ4v) is 8.74. The van der Waals surface area contributed by atoms with Crippen LogP contribution in [-0.4, -0.2) is 17.3 Å². The summed E-state index contributed by atoms with van der Waals surface area (Å²) < 4.78 is 0. The Hall–Kier alpha value is -0.340. The fourth-order valence-electron chi connectivity index (χ4n) is 8.74. The van der Waals surface area contributed by atoms with Gasteiger partial charge in [0.2, 0.25) is 0 Å². The predicted molar refractivity (Wildman–Crippen MR) is 122 cm³/mol. The van der Waals surface area contributed by atoms with E-state index in [1.807, 2.05) is 0 Å². The molecule has 29 heavy (non-hydrogen) atoms. The summed E-state index contributed by atoms with van der Waals surface area (Å²) in [5.41, 5.74) is 9.17. The molecule has 8 unspecified atom stereocenters. The van der Waals surface area contributed by atoms with Crippen LogP contribution in [0.5, 0.6) is 0 Å². The van der Waals surface area contributed by atoms with Crippen molar-refractivity contribution < 1.29 is 5.11 Å². The lowest BCUT2D eigenvalue weighted by Crippen LogP contribution is -2.56. The molecule has 2 nitrogen and oxygen atoms in total. The van der Waals surface area contributed by atoms with Gasteiger partial charge in [-0.25, -0.2) is 0 Å². The monoisotopic (exact) mass is 401 g/mol. The molecule has 9 atom stereocenters. The topological polar surface area (TPSA) is 46.2 Å². The third kappa shape index (κ3) is 3.65. The molecule has 3 saturated carbocycles. The van der Waals surface area contributed by atoms with Crippen LogP contribution in [0.3, 0.4) is 0 Å². The van der Waals surface area contributed by atoms with Gasteiger partial charge in [-0.3, -0.25) is 0 Å². The van der Waals surface area contributed by atoms with Gasteiger partial charge in [0.05, 0.1) is 6.10 Å². The van der Waals surface area contributed by atoms with Crippen molar-refractivity contribution in [3.8, 4) is 0 Å². The van der Waals surface area contributed by atoms with Crippen molar-refractivity contribution >= 4 is 0 Å². The van der Waals surface area contributed by atoms with E-state index in [0.29, 0.717) is 16.7 Å². The molecular weight excluding hydrogens is 354 g/mol. The van der Waals surface area contributed by atoms with E-state index in [2.05, 4.69) is 40.7 Å². The maximum Gasteiger partial charge on any atom is 0.0577 e. The Morgan fingerprint density at radius 3 is 2.52 bits per heavy atom. The molecule has 0 amide bonds. The number of hydrogen-bond acceptors (Lipinski definition) is 2. The third-order valence-corrected chi connectivity index (χ3v) is 10.4. The first kappa shape index (κ1) is 21.9. The predicted octanol–water partition coefficient (Wildman–Crippen LogP) is 6.33. The van der Waals surface area contributed by atoms with Crippen molar-refractivity contribution in [2.75, 3.05) is 0 Å². The smallest absolute Gasteiger partial charge is 0.0577 e. The average molecular weight is 402 g/mol. The zero-order chi connectivity index (χ0) is 21.0. The molecule has 0 radical (unpaired) electrons. The Morgan fingerprint density at radius 2 is 1.79 bits per heavy atom. The molecule has 0 bridgehead atoms. The zero-order valence-corrected chi connectivity index (χ0v) is 19.8. The molecule has 3 N–H and O–H groups in total. The molecule has 166 valence electrons. The number of nitrogens with two attached hydrogens (primary N) is 1. The van der Waals surface area contributed by atoms with E-state index in [4.69, 9.17) is 5.73 Å². The normalized spacial score (nSPS) is 47.9. The first-order chi connectivity index (χ1) is 13.7. The van der Waals surface area contributed by atoms with E-state index < -0.39 is 0 Å². The van der Waals surface area contributed by atoms with Gasteiger partial charge in [0.1, 0.15) is 0 Å². The van der Waals surface area contributed by atoms with Crippen molar-refractivity contribution in [3.05, 3.63) is 11.6 Å². The summed E-state index contributed by atoms with van der Waals surface area (Å²) >= 11 is 0. The van der Waals surface area contributed by atoms with E-state index in [-0.39, 0.29) is 12.1 Å². The lowest BCUT2D eigenvalue weighted by molar-refractivity contribution is -0.0632. The molecule has 0 aromatic rings. The fraction of sp³-hybridized carbons (Fsp3) is 0.926. The Balaban J connectivity index is 1.54. The number of fused-ring (bicyclic) bond motifs is 5. The molecule has 2 heteroatoms. The number of hydrogen-bond donors (Lipinski definition) is 2.